The molecule has 2 aliphatic rings. The molecule has 1 fully saturated rings. The van der Waals surface area contributed by atoms with Crippen molar-refractivity contribution in [2.75, 3.05) is 19.7 Å². The van der Waals surface area contributed by atoms with Crippen LogP contribution >= 0.6 is 11.3 Å². The average molecular weight is 515 g/mol. The largest absolute Gasteiger partial charge is 0.491 e. The van der Waals surface area contributed by atoms with Gasteiger partial charge in [-0.3, -0.25) is 4.79 Å². The van der Waals surface area contributed by atoms with Crippen molar-refractivity contribution >= 4 is 27.3 Å². The van der Waals surface area contributed by atoms with Crippen LogP contribution < -0.4 is 4.74 Å². The third-order valence-corrected chi connectivity index (χ3v) is 9.40. The number of amides is 1. The smallest absolute Gasteiger partial charge is 0.243 e. The number of rotatable bonds is 8. The Hall–Kier alpha value is -2.75. The zero-order valence-corrected chi connectivity index (χ0v) is 21.0. The molecule has 0 saturated heterocycles. The molecule has 1 aliphatic heterocycles. The zero-order chi connectivity index (χ0) is 24.6. The lowest BCUT2D eigenvalue weighted by atomic mass is 10.0. The Labute approximate surface area is 209 Å². The second-order valence-electron chi connectivity index (χ2n) is 9.01. The van der Waals surface area contributed by atoms with Crippen LogP contribution in [0.1, 0.15) is 34.9 Å². The molecule has 5 rings (SSSR count). The lowest BCUT2D eigenvalue weighted by Gasteiger charge is -2.37. The van der Waals surface area contributed by atoms with Gasteiger partial charge in [0.2, 0.25) is 15.9 Å². The number of aryl methyl sites for hydroxylation is 1. The van der Waals surface area contributed by atoms with Gasteiger partial charge in [-0.05, 0) is 67.5 Å². The van der Waals surface area contributed by atoms with E-state index in [1.165, 1.54) is 21.3 Å². The molecule has 184 valence electrons. The first-order valence-electron chi connectivity index (χ1n) is 11.7. The van der Waals surface area contributed by atoms with Crippen LogP contribution in [0.15, 0.2) is 64.9 Å². The Kier molecular flexibility index (Phi) is 6.65. The first kappa shape index (κ1) is 24.0. The van der Waals surface area contributed by atoms with Crippen molar-refractivity contribution in [1.29, 1.82) is 0 Å². The number of hydrogen-bond donors (Lipinski definition) is 0. The summed E-state index contributed by atoms with van der Waals surface area (Å²) in [6, 6.07) is 14.1. The fourth-order valence-corrected chi connectivity index (χ4v) is 7.01. The van der Waals surface area contributed by atoms with E-state index in [2.05, 4.69) is 0 Å². The van der Waals surface area contributed by atoms with Crippen LogP contribution in [-0.2, 0) is 21.2 Å². The molecule has 1 aromatic heterocycles. The molecule has 1 aliphatic carbocycles. The van der Waals surface area contributed by atoms with Crippen molar-refractivity contribution in [3.05, 3.63) is 81.8 Å². The van der Waals surface area contributed by atoms with Crippen LogP contribution in [0.25, 0.3) is 0 Å². The molecule has 0 bridgehead atoms. The molecule has 2 aromatic carbocycles. The van der Waals surface area contributed by atoms with Gasteiger partial charge in [0.15, 0.2) is 0 Å². The molecule has 2 heterocycles. The Bertz CT molecular complexity index is 1320. The van der Waals surface area contributed by atoms with Gasteiger partial charge in [-0.1, -0.05) is 23.8 Å². The van der Waals surface area contributed by atoms with Crippen molar-refractivity contribution < 1.29 is 22.3 Å². The summed E-state index contributed by atoms with van der Waals surface area (Å²) < 4.78 is 47.7. The predicted octanol–water partition coefficient (Wildman–Crippen LogP) is 4.55. The van der Waals surface area contributed by atoms with Gasteiger partial charge in [-0.15, -0.1) is 11.3 Å². The summed E-state index contributed by atoms with van der Waals surface area (Å²) in [4.78, 5) is 16.7. The summed E-state index contributed by atoms with van der Waals surface area (Å²) in [6.07, 6.45) is 2.21. The van der Waals surface area contributed by atoms with Gasteiger partial charge in [-0.25, -0.2) is 12.8 Å². The van der Waals surface area contributed by atoms with Gasteiger partial charge in [-0.2, -0.15) is 4.31 Å². The molecule has 35 heavy (non-hydrogen) atoms. The maximum Gasteiger partial charge on any atom is 0.243 e. The monoisotopic (exact) mass is 514 g/mol. The van der Waals surface area contributed by atoms with Crippen LogP contribution in [0, 0.1) is 12.7 Å². The number of benzene rings is 2. The number of halogens is 1. The maximum absolute atomic E-state index is 13.6. The van der Waals surface area contributed by atoms with E-state index in [0.717, 1.165) is 24.0 Å². The Balaban J connectivity index is 1.37. The lowest BCUT2D eigenvalue weighted by molar-refractivity contribution is -0.135. The Morgan fingerprint density at radius 1 is 1.17 bits per heavy atom. The second-order valence-corrected chi connectivity index (χ2v) is 11.9. The molecule has 0 N–H and O–H groups in total. The summed E-state index contributed by atoms with van der Waals surface area (Å²) in [6.45, 7) is 2.33. The highest BCUT2D eigenvalue weighted by molar-refractivity contribution is 7.89. The third-order valence-electron chi connectivity index (χ3n) is 6.49. The minimum Gasteiger partial charge on any atom is -0.491 e. The Morgan fingerprint density at radius 3 is 2.66 bits per heavy atom. The van der Waals surface area contributed by atoms with Crippen molar-refractivity contribution in [3.63, 3.8) is 0 Å². The normalized spacial score (nSPS) is 17.9. The van der Waals surface area contributed by atoms with Gasteiger partial charge in [0, 0.05) is 23.5 Å². The van der Waals surface area contributed by atoms with Gasteiger partial charge < -0.3 is 9.64 Å². The zero-order valence-electron chi connectivity index (χ0n) is 19.4. The first-order valence-corrected chi connectivity index (χ1v) is 14.0. The van der Waals surface area contributed by atoms with Gasteiger partial charge in [0.1, 0.15) is 18.2 Å². The summed E-state index contributed by atoms with van der Waals surface area (Å²) in [5, 5.41) is 1.99. The highest BCUT2D eigenvalue weighted by Crippen LogP contribution is 2.36. The van der Waals surface area contributed by atoms with Crippen LogP contribution in [0.4, 0.5) is 4.39 Å². The van der Waals surface area contributed by atoms with Crippen LogP contribution in [-0.4, -0.2) is 49.3 Å². The molecule has 0 spiro atoms. The molecule has 3 aromatic rings. The van der Waals surface area contributed by atoms with E-state index in [9.17, 15) is 17.6 Å². The SMILES string of the molecule is Cc1ccc(S(=O)(=O)N(CC(=O)N2CCc3sccc3[C@@H]2COc2cccc(F)c2)C2CC2)cc1. The topological polar surface area (TPSA) is 66.9 Å². The number of fused-ring (bicyclic) bond motifs is 1. The summed E-state index contributed by atoms with van der Waals surface area (Å²) >= 11 is 1.64. The van der Waals surface area contributed by atoms with E-state index in [0.29, 0.717) is 18.7 Å². The third kappa shape index (κ3) is 5.12. The highest BCUT2D eigenvalue weighted by atomic mass is 32.2. The van der Waals surface area contributed by atoms with Crippen LogP contribution in [0.2, 0.25) is 0 Å². The van der Waals surface area contributed by atoms with Crippen LogP contribution in [0.3, 0.4) is 0 Å². The standard InChI is InChI=1S/C26H27FN2O4S2/c1-18-5-9-22(10-6-18)35(31,32)29(20-7-8-20)16-26(30)28-13-11-25-23(12-14-34-25)24(28)17-33-21-4-2-3-19(27)15-21/h2-6,9-10,12,14-15,20,24H,7-8,11,13,16-17H2,1H3/t24-/m0/s1. The van der Waals surface area contributed by atoms with E-state index < -0.39 is 15.8 Å². The number of nitrogens with zero attached hydrogens (tertiary/aromatic N) is 2. The van der Waals surface area contributed by atoms with Gasteiger partial charge >= 0.3 is 0 Å². The minimum absolute atomic E-state index is 0.159. The van der Waals surface area contributed by atoms with Gasteiger partial charge in [0.05, 0.1) is 17.5 Å². The number of carbonyl (C=O) groups is 1. The number of thiophene rings is 1. The number of sulfonamides is 1. The van der Waals surface area contributed by atoms with E-state index in [4.69, 9.17) is 4.74 Å². The second kappa shape index (κ2) is 9.72. The van der Waals surface area contributed by atoms with E-state index in [-0.39, 0.29) is 36.0 Å². The Morgan fingerprint density at radius 2 is 1.94 bits per heavy atom. The first-order chi connectivity index (χ1) is 16.8. The minimum atomic E-state index is -3.80. The maximum atomic E-state index is 13.6. The summed E-state index contributed by atoms with van der Waals surface area (Å²) in [7, 11) is -3.80. The molecular weight excluding hydrogens is 487 g/mol. The predicted molar refractivity (Wildman–Crippen MR) is 132 cm³/mol. The van der Waals surface area contributed by atoms with Gasteiger partial charge in [0.25, 0.3) is 0 Å². The molecule has 1 saturated carbocycles. The molecule has 1 amide bonds. The number of hydrogen-bond acceptors (Lipinski definition) is 5. The lowest BCUT2D eigenvalue weighted by Crippen LogP contribution is -2.48. The fourth-order valence-electron chi connectivity index (χ4n) is 4.45. The molecule has 6 nitrogen and oxygen atoms in total. The number of carbonyl (C=O) groups excluding carboxylic acids is 1. The quantitative estimate of drug-likeness (QED) is 0.442. The van der Waals surface area contributed by atoms with Crippen molar-refractivity contribution in [1.82, 2.24) is 9.21 Å². The molecule has 9 heteroatoms. The molecule has 1 atom stereocenters. The van der Waals surface area contributed by atoms with Crippen LogP contribution in [0.5, 0.6) is 5.75 Å². The summed E-state index contributed by atoms with van der Waals surface area (Å²) in [5.74, 6) is -0.254. The fraction of sp³-hybridized carbons (Fsp3) is 0.346. The van der Waals surface area contributed by atoms with E-state index >= 15 is 0 Å². The summed E-state index contributed by atoms with van der Waals surface area (Å²) in [5.41, 5.74) is 1.98. The van der Waals surface area contributed by atoms with Crippen molar-refractivity contribution in [3.8, 4) is 5.75 Å². The van der Waals surface area contributed by atoms with Crippen molar-refractivity contribution in [2.24, 2.45) is 0 Å². The molecule has 0 unspecified atom stereocenters. The molecular formula is C26H27FN2O4S2. The van der Waals surface area contributed by atoms with E-state index in [1.807, 2.05) is 18.4 Å². The number of ether oxygens (including phenoxy) is 1. The highest BCUT2D eigenvalue weighted by Gasteiger charge is 2.41. The van der Waals surface area contributed by atoms with E-state index in [1.54, 1.807) is 52.6 Å². The molecule has 0 radical (unpaired) electrons. The van der Waals surface area contributed by atoms with Crippen molar-refractivity contribution in [2.45, 2.75) is 43.2 Å². The average Bonchev–Trinajstić information content (AvgIpc) is 3.56.